The highest BCUT2D eigenvalue weighted by Crippen LogP contribution is 2.31. The first-order valence-corrected chi connectivity index (χ1v) is 7.50. The predicted molar refractivity (Wildman–Crippen MR) is 80.9 cm³/mol. The molecule has 0 bridgehead atoms. The highest BCUT2D eigenvalue weighted by atomic mass is 35.5. The van der Waals surface area contributed by atoms with Crippen LogP contribution in [0.4, 0.5) is 0 Å². The average Bonchev–Trinajstić information content (AvgIpc) is 2.79. The molecule has 0 spiro atoms. The van der Waals surface area contributed by atoms with Gasteiger partial charge >= 0.3 is 0 Å². The molecule has 104 valence electrons. The molecule has 0 radical (unpaired) electrons. The lowest BCUT2D eigenvalue weighted by molar-refractivity contribution is 0.293. The van der Waals surface area contributed by atoms with Crippen molar-refractivity contribution in [3.63, 3.8) is 0 Å². The summed E-state index contributed by atoms with van der Waals surface area (Å²) >= 11 is 5.94. The van der Waals surface area contributed by atoms with Crippen LogP contribution in [0.15, 0.2) is 12.3 Å². The lowest BCUT2D eigenvalue weighted by Gasteiger charge is -2.31. The molecule has 19 heavy (non-hydrogen) atoms. The summed E-state index contributed by atoms with van der Waals surface area (Å²) in [6.07, 6.45) is 4.76. The van der Waals surface area contributed by atoms with Crippen molar-refractivity contribution in [2.24, 2.45) is 0 Å². The Labute approximate surface area is 120 Å². The Morgan fingerprint density at radius 3 is 2.58 bits per heavy atom. The summed E-state index contributed by atoms with van der Waals surface area (Å²) in [6, 6.07) is 2.01. The molecule has 0 aliphatic carbocycles. The summed E-state index contributed by atoms with van der Waals surface area (Å²) in [4.78, 5) is 9.34. The van der Waals surface area contributed by atoms with E-state index in [0.29, 0.717) is 5.88 Å². The number of nitrogens with zero attached hydrogens (tertiary/aromatic N) is 3. The molecule has 2 aromatic rings. The standard InChI is InChI=1S/C15H22ClN3/c1-5-15(4,6-2)19-12(7-9-16)18-13-11(3)8-10-17-14(13)19/h8,10H,5-7,9H2,1-4H3. The molecule has 0 saturated carbocycles. The first-order valence-electron chi connectivity index (χ1n) is 6.96. The lowest BCUT2D eigenvalue weighted by atomic mass is 9.94. The number of hydrogen-bond donors (Lipinski definition) is 0. The number of imidazole rings is 1. The molecular formula is C15H22ClN3. The van der Waals surface area contributed by atoms with E-state index in [1.807, 2.05) is 12.3 Å². The van der Waals surface area contributed by atoms with Crippen LogP contribution in [0.5, 0.6) is 0 Å². The van der Waals surface area contributed by atoms with Crippen molar-refractivity contribution in [2.75, 3.05) is 5.88 Å². The van der Waals surface area contributed by atoms with E-state index in [1.165, 1.54) is 5.56 Å². The van der Waals surface area contributed by atoms with Gasteiger partial charge in [-0.3, -0.25) is 0 Å². The van der Waals surface area contributed by atoms with E-state index in [2.05, 4.69) is 37.2 Å². The van der Waals surface area contributed by atoms with Gasteiger partial charge in [-0.05, 0) is 38.3 Å². The van der Waals surface area contributed by atoms with E-state index < -0.39 is 0 Å². The molecule has 2 rings (SSSR count). The third kappa shape index (κ3) is 2.36. The van der Waals surface area contributed by atoms with Gasteiger partial charge in [-0.15, -0.1) is 11.6 Å². The smallest absolute Gasteiger partial charge is 0.160 e. The van der Waals surface area contributed by atoms with Gasteiger partial charge in [0.05, 0.1) is 0 Å². The predicted octanol–water partition coefficient (Wildman–Crippen LogP) is 4.06. The van der Waals surface area contributed by atoms with Crippen LogP contribution in [0.2, 0.25) is 0 Å². The maximum absolute atomic E-state index is 5.94. The monoisotopic (exact) mass is 279 g/mol. The highest BCUT2D eigenvalue weighted by Gasteiger charge is 2.28. The molecule has 2 aromatic heterocycles. The van der Waals surface area contributed by atoms with Crippen LogP contribution in [0.25, 0.3) is 11.2 Å². The number of fused-ring (bicyclic) bond motifs is 1. The van der Waals surface area contributed by atoms with E-state index in [4.69, 9.17) is 16.6 Å². The van der Waals surface area contributed by atoms with Gasteiger partial charge < -0.3 is 4.57 Å². The number of hydrogen-bond acceptors (Lipinski definition) is 2. The van der Waals surface area contributed by atoms with Crippen LogP contribution in [-0.4, -0.2) is 20.4 Å². The zero-order valence-corrected chi connectivity index (χ0v) is 13.0. The van der Waals surface area contributed by atoms with Crippen molar-refractivity contribution in [1.29, 1.82) is 0 Å². The maximum Gasteiger partial charge on any atom is 0.160 e. The normalized spacial score (nSPS) is 12.3. The SMILES string of the molecule is CCC(C)(CC)n1c(CCCl)nc2c(C)ccnc21. The molecule has 0 saturated heterocycles. The van der Waals surface area contributed by atoms with Crippen molar-refractivity contribution in [3.8, 4) is 0 Å². The first kappa shape index (κ1) is 14.3. The zero-order valence-electron chi connectivity index (χ0n) is 12.2. The van der Waals surface area contributed by atoms with Gasteiger partial charge in [-0.2, -0.15) is 0 Å². The third-order valence-corrected chi connectivity index (χ3v) is 4.39. The third-order valence-electron chi connectivity index (χ3n) is 4.20. The van der Waals surface area contributed by atoms with Crippen molar-refractivity contribution in [2.45, 2.75) is 52.5 Å². The minimum absolute atomic E-state index is 0.0525. The van der Waals surface area contributed by atoms with E-state index in [-0.39, 0.29) is 5.54 Å². The van der Waals surface area contributed by atoms with Crippen molar-refractivity contribution in [1.82, 2.24) is 14.5 Å². The minimum atomic E-state index is 0.0525. The summed E-state index contributed by atoms with van der Waals surface area (Å²) in [5.41, 5.74) is 3.23. The fourth-order valence-corrected chi connectivity index (χ4v) is 2.69. The number of rotatable bonds is 5. The number of halogens is 1. The molecule has 0 aliphatic heterocycles. The van der Waals surface area contributed by atoms with E-state index in [0.717, 1.165) is 36.3 Å². The second kappa shape index (κ2) is 5.49. The van der Waals surface area contributed by atoms with Crippen molar-refractivity contribution in [3.05, 3.63) is 23.7 Å². The molecule has 0 amide bonds. The van der Waals surface area contributed by atoms with E-state index >= 15 is 0 Å². The molecular weight excluding hydrogens is 258 g/mol. The van der Waals surface area contributed by atoms with Crippen LogP contribution >= 0.6 is 11.6 Å². The van der Waals surface area contributed by atoms with E-state index in [1.54, 1.807) is 0 Å². The van der Waals surface area contributed by atoms with Crippen molar-refractivity contribution >= 4 is 22.8 Å². The highest BCUT2D eigenvalue weighted by molar-refractivity contribution is 6.17. The number of pyridine rings is 1. The molecule has 0 aliphatic rings. The van der Waals surface area contributed by atoms with Gasteiger partial charge in [-0.25, -0.2) is 9.97 Å². The number of aryl methyl sites for hydroxylation is 2. The van der Waals surface area contributed by atoms with Crippen LogP contribution in [0, 0.1) is 6.92 Å². The quantitative estimate of drug-likeness (QED) is 0.773. The summed E-state index contributed by atoms with van der Waals surface area (Å²) in [6.45, 7) is 8.79. The molecule has 0 N–H and O–H groups in total. The van der Waals surface area contributed by atoms with Gasteiger partial charge in [-0.1, -0.05) is 13.8 Å². The summed E-state index contributed by atoms with van der Waals surface area (Å²) in [5.74, 6) is 1.64. The summed E-state index contributed by atoms with van der Waals surface area (Å²) < 4.78 is 2.30. The summed E-state index contributed by atoms with van der Waals surface area (Å²) in [5, 5.41) is 0. The second-order valence-electron chi connectivity index (χ2n) is 5.31. The average molecular weight is 280 g/mol. The second-order valence-corrected chi connectivity index (χ2v) is 5.68. The zero-order chi connectivity index (χ0) is 14.0. The Balaban J connectivity index is 2.75. The first-order chi connectivity index (χ1) is 9.07. The Kier molecular flexibility index (Phi) is 4.14. The van der Waals surface area contributed by atoms with Gasteiger partial charge in [0.2, 0.25) is 0 Å². The number of alkyl halides is 1. The molecule has 0 aromatic carbocycles. The van der Waals surface area contributed by atoms with Crippen LogP contribution in [0.3, 0.4) is 0 Å². The minimum Gasteiger partial charge on any atom is -0.307 e. The number of aromatic nitrogens is 3. The van der Waals surface area contributed by atoms with Gasteiger partial charge in [0, 0.05) is 24.0 Å². The fraction of sp³-hybridized carbons (Fsp3) is 0.600. The Morgan fingerprint density at radius 1 is 1.32 bits per heavy atom. The summed E-state index contributed by atoms with van der Waals surface area (Å²) in [7, 11) is 0. The largest absolute Gasteiger partial charge is 0.307 e. The molecule has 4 heteroatoms. The van der Waals surface area contributed by atoms with Crippen LogP contribution in [-0.2, 0) is 12.0 Å². The van der Waals surface area contributed by atoms with Gasteiger partial charge in [0.15, 0.2) is 5.65 Å². The fourth-order valence-electron chi connectivity index (χ4n) is 2.52. The lowest BCUT2D eigenvalue weighted by Crippen LogP contribution is -2.30. The van der Waals surface area contributed by atoms with Crippen molar-refractivity contribution < 1.29 is 0 Å². The van der Waals surface area contributed by atoms with Crippen LogP contribution in [0.1, 0.15) is 45.0 Å². The van der Waals surface area contributed by atoms with E-state index in [9.17, 15) is 0 Å². The maximum atomic E-state index is 5.94. The Morgan fingerprint density at radius 2 is 2.00 bits per heavy atom. The molecule has 0 fully saturated rings. The van der Waals surface area contributed by atoms with Crippen LogP contribution < -0.4 is 0 Å². The molecule has 3 nitrogen and oxygen atoms in total. The Bertz CT molecular complexity index is 570. The molecule has 0 atom stereocenters. The molecule has 2 heterocycles. The topological polar surface area (TPSA) is 30.7 Å². The Hall–Kier alpha value is -1.09. The molecule has 0 unspecified atom stereocenters. The van der Waals surface area contributed by atoms with Gasteiger partial charge in [0.1, 0.15) is 11.3 Å². The van der Waals surface area contributed by atoms with Gasteiger partial charge in [0.25, 0.3) is 0 Å².